The van der Waals surface area contributed by atoms with E-state index in [1.165, 1.54) is 6.42 Å². The lowest BCUT2D eigenvalue weighted by Gasteiger charge is -2.27. The summed E-state index contributed by atoms with van der Waals surface area (Å²) in [6.07, 6.45) is 2.15. The molecule has 0 radical (unpaired) electrons. The van der Waals surface area contributed by atoms with Gasteiger partial charge in [-0.1, -0.05) is 13.8 Å². The highest BCUT2D eigenvalue weighted by molar-refractivity contribution is 5.43. The molecule has 17 heavy (non-hydrogen) atoms. The monoisotopic (exact) mass is 234 g/mol. The van der Waals surface area contributed by atoms with E-state index in [2.05, 4.69) is 34.8 Å². The molecule has 1 aliphatic heterocycles. The molecule has 4 heteroatoms. The molecule has 94 valence electrons. The zero-order valence-corrected chi connectivity index (χ0v) is 11.0. The van der Waals surface area contributed by atoms with Gasteiger partial charge in [0.05, 0.1) is 0 Å². The van der Waals surface area contributed by atoms with E-state index in [4.69, 9.17) is 5.73 Å². The second-order valence-corrected chi connectivity index (χ2v) is 4.88. The van der Waals surface area contributed by atoms with Crippen LogP contribution in [0.25, 0.3) is 0 Å². The summed E-state index contributed by atoms with van der Waals surface area (Å²) in [5.41, 5.74) is 6.99. The van der Waals surface area contributed by atoms with Crippen LogP contribution in [0.2, 0.25) is 0 Å². The van der Waals surface area contributed by atoms with Crippen molar-refractivity contribution in [3.8, 4) is 0 Å². The van der Waals surface area contributed by atoms with E-state index >= 15 is 0 Å². The quantitative estimate of drug-likeness (QED) is 0.861. The lowest BCUT2D eigenvalue weighted by molar-refractivity contribution is 0.517. The third-order valence-corrected chi connectivity index (χ3v) is 3.66. The summed E-state index contributed by atoms with van der Waals surface area (Å²) in [6, 6.07) is 2.53. The standard InChI is InChI=1S/C13H22N4/c1-4-11-7-13(16-10(3)15-11)17-6-5-9(2)12(17)8-14/h7,9,12H,4-6,8,14H2,1-3H3. The molecule has 1 aromatic heterocycles. The van der Waals surface area contributed by atoms with Gasteiger partial charge in [-0.25, -0.2) is 9.97 Å². The van der Waals surface area contributed by atoms with Crippen LogP contribution in [0.5, 0.6) is 0 Å². The topological polar surface area (TPSA) is 55.0 Å². The molecule has 0 amide bonds. The molecule has 1 saturated heterocycles. The highest BCUT2D eigenvalue weighted by Crippen LogP contribution is 2.28. The number of aryl methyl sites for hydroxylation is 2. The number of aromatic nitrogens is 2. The molecular formula is C13H22N4. The second-order valence-electron chi connectivity index (χ2n) is 4.88. The van der Waals surface area contributed by atoms with Gasteiger partial charge in [0, 0.05) is 30.9 Å². The van der Waals surface area contributed by atoms with Crippen LogP contribution < -0.4 is 10.6 Å². The summed E-state index contributed by atoms with van der Waals surface area (Å²) in [7, 11) is 0. The minimum atomic E-state index is 0.425. The molecule has 2 rings (SSSR count). The Morgan fingerprint density at radius 2 is 2.24 bits per heavy atom. The van der Waals surface area contributed by atoms with E-state index < -0.39 is 0 Å². The molecule has 0 saturated carbocycles. The Morgan fingerprint density at radius 3 is 2.88 bits per heavy atom. The summed E-state index contributed by atoms with van der Waals surface area (Å²) in [5, 5.41) is 0. The van der Waals surface area contributed by atoms with Crippen LogP contribution in [0.3, 0.4) is 0 Å². The number of hydrogen-bond acceptors (Lipinski definition) is 4. The van der Waals surface area contributed by atoms with Gasteiger partial charge in [0.25, 0.3) is 0 Å². The van der Waals surface area contributed by atoms with Crippen LogP contribution in [-0.2, 0) is 6.42 Å². The Morgan fingerprint density at radius 1 is 1.47 bits per heavy atom. The Labute approximate surface area is 103 Å². The first kappa shape index (κ1) is 12.3. The number of hydrogen-bond donors (Lipinski definition) is 1. The van der Waals surface area contributed by atoms with Gasteiger partial charge in [-0.3, -0.25) is 0 Å². The van der Waals surface area contributed by atoms with Gasteiger partial charge >= 0.3 is 0 Å². The van der Waals surface area contributed by atoms with Crippen LogP contribution in [-0.4, -0.2) is 29.1 Å². The SMILES string of the molecule is CCc1cc(N2CCC(C)C2CN)nc(C)n1. The minimum absolute atomic E-state index is 0.425. The zero-order valence-electron chi connectivity index (χ0n) is 11.0. The fourth-order valence-corrected chi connectivity index (χ4v) is 2.59. The second kappa shape index (κ2) is 5.00. The van der Waals surface area contributed by atoms with Gasteiger partial charge in [0.1, 0.15) is 11.6 Å². The van der Waals surface area contributed by atoms with Crippen molar-refractivity contribution in [3.63, 3.8) is 0 Å². The summed E-state index contributed by atoms with van der Waals surface area (Å²) in [6.45, 7) is 8.11. The maximum atomic E-state index is 5.88. The van der Waals surface area contributed by atoms with Gasteiger partial charge < -0.3 is 10.6 Å². The molecule has 0 bridgehead atoms. The third-order valence-electron chi connectivity index (χ3n) is 3.66. The third kappa shape index (κ3) is 2.41. The van der Waals surface area contributed by atoms with E-state index in [1.807, 2.05) is 6.92 Å². The average Bonchev–Trinajstić information content (AvgIpc) is 2.69. The van der Waals surface area contributed by atoms with Gasteiger partial charge in [-0.05, 0) is 25.7 Å². The molecule has 0 aromatic carbocycles. The molecule has 4 nitrogen and oxygen atoms in total. The fraction of sp³-hybridized carbons (Fsp3) is 0.692. The molecule has 0 spiro atoms. The van der Waals surface area contributed by atoms with E-state index in [9.17, 15) is 0 Å². The first-order valence-electron chi connectivity index (χ1n) is 6.47. The van der Waals surface area contributed by atoms with Crippen molar-refractivity contribution in [2.24, 2.45) is 11.7 Å². The van der Waals surface area contributed by atoms with E-state index in [-0.39, 0.29) is 0 Å². The van der Waals surface area contributed by atoms with Gasteiger partial charge in [0.2, 0.25) is 0 Å². The molecule has 2 heterocycles. The predicted octanol–water partition coefficient (Wildman–Crippen LogP) is 1.52. The van der Waals surface area contributed by atoms with E-state index in [0.29, 0.717) is 18.5 Å². The molecule has 0 aliphatic carbocycles. The Kier molecular flexibility index (Phi) is 3.62. The fourth-order valence-electron chi connectivity index (χ4n) is 2.59. The van der Waals surface area contributed by atoms with Crippen molar-refractivity contribution in [1.29, 1.82) is 0 Å². The highest BCUT2D eigenvalue weighted by Gasteiger charge is 2.31. The van der Waals surface area contributed by atoms with Crippen LogP contribution in [0, 0.1) is 12.8 Å². The van der Waals surface area contributed by atoms with Crippen molar-refractivity contribution in [2.75, 3.05) is 18.0 Å². The lowest BCUT2D eigenvalue weighted by Crippen LogP contribution is -2.39. The first-order chi connectivity index (χ1) is 8.15. The van der Waals surface area contributed by atoms with Gasteiger partial charge in [0.15, 0.2) is 0 Å². The molecule has 1 aromatic rings. The maximum absolute atomic E-state index is 5.88. The Balaban J connectivity index is 2.30. The Hall–Kier alpha value is -1.16. The van der Waals surface area contributed by atoms with Crippen molar-refractivity contribution < 1.29 is 0 Å². The number of anilines is 1. The molecule has 2 atom stereocenters. The molecule has 2 unspecified atom stereocenters. The predicted molar refractivity (Wildman–Crippen MR) is 70.1 cm³/mol. The van der Waals surface area contributed by atoms with Gasteiger partial charge in [-0.2, -0.15) is 0 Å². The summed E-state index contributed by atoms with van der Waals surface area (Å²) in [4.78, 5) is 11.3. The smallest absolute Gasteiger partial charge is 0.132 e. The van der Waals surface area contributed by atoms with Crippen molar-refractivity contribution in [1.82, 2.24) is 9.97 Å². The molecule has 2 N–H and O–H groups in total. The number of nitrogens with zero attached hydrogens (tertiary/aromatic N) is 3. The lowest BCUT2D eigenvalue weighted by atomic mass is 10.0. The number of rotatable bonds is 3. The zero-order chi connectivity index (χ0) is 12.4. The largest absolute Gasteiger partial charge is 0.352 e. The highest BCUT2D eigenvalue weighted by atomic mass is 15.2. The normalized spacial score (nSPS) is 24.4. The van der Waals surface area contributed by atoms with Crippen LogP contribution in [0.1, 0.15) is 31.8 Å². The van der Waals surface area contributed by atoms with Crippen molar-refractivity contribution >= 4 is 5.82 Å². The van der Waals surface area contributed by atoms with Crippen LogP contribution >= 0.6 is 0 Å². The summed E-state index contributed by atoms with van der Waals surface area (Å²) >= 11 is 0. The van der Waals surface area contributed by atoms with E-state index in [0.717, 1.165) is 30.3 Å². The van der Waals surface area contributed by atoms with Gasteiger partial charge in [-0.15, -0.1) is 0 Å². The van der Waals surface area contributed by atoms with Crippen LogP contribution in [0.15, 0.2) is 6.07 Å². The summed E-state index contributed by atoms with van der Waals surface area (Å²) < 4.78 is 0. The number of nitrogens with two attached hydrogens (primary N) is 1. The molecular weight excluding hydrogens is 212 g/mol. The molecule has 1 fully saturated rings. The summed E-state index contributed by atoms with van der Waals surface area (Å²) in [5.74, 6) is 2.56. The minimum Gasteiger partial charge on any atom is -0.352 e. The average molecular weight is 234 g/mol. The molecule has 1 aliphatic rings. The van der Waals surface area contributed by atoms with Crippen molar-refractivity contribution in [2.45, 2.75) is 39.7 Å². The van der Waals surface area contributed by atoms with E-state index in [1.54, 1.807) is 0 Å². The maximum Gasteiger partial charge on any atom is 0.132 e. The Bertz CT molecular complexity index is 391. The van der Waals surface area contributed by atoms with Crippen LogP contribution in [0.4, 0.5) is 5.82 Å². The first-order valence-corrected chi connectivity index (χ1v) is 6.47. The van der Waals surface area contributed by atoms with Crippen molar-refractivity contribution in [3.05, 3.63) is 17.6 Å².